The quantitative estimate of drug-likeness (QED) is 0.322. The Morgan fingerprint density at radius 2 is 1.97 bits per heavy atom. The van der Waals surface area contributed by atoms with Gasteiger partial charge in [-0.2, -0.15) is 5.10 Å². The molecule has 0 N–H and O–H groups in total. The predicted octanol–water partition coefficient (Wildman–Crippen LogP) is 5.52. The molecule has 2 aromatic carbocycles. The van der Waals surface area contributed by atoms with Gasteiger partial charge in [-0.15, -0.1) is 0 Å². The van der Waals surface area contributed by atoms with E-state index in [1.165, 1.54) is 0 Å². The van der Waals surface area contributed by atoms with Gasteiger partial charge in [0.2, 0.25) is 0 Å². The number of halogens is 1. The van der Waals surface area contributed by atoms with E-state index in [0.717, 1.165) is 33.1 Å². The van der Waals surface area contributed by atoms with Gasteiger partial charge in [-0.25, -0.2) is 4.79 Å². The number of fused-ring (bicyclic) bond motifs is 1. The number of benzene rings is 2. The normalized spacial score (nSPS) is 15.5. The second kappa shape index (κ2) is 11.8. The van der Waals surface area contributed by atoms with Crippen LogP contribution in [0, 0.1) is 5.92 Å². The van der Waals surface area contributed by atoms with Crippen LogP contribution in [0.15, 0.2) is 46.9 Å². The number of esters is 1. The van der Waals surface area contributed by atoms with E-state index < -0.39 is 0 Å². The van der Waals surface area contributed by atoms with Crippen LogP contribution in [0.1, 0.15) is 44.5 Å². The Hall–Kier alpha value is -3.07. The van der Waals surface area contributed by atoms with Crippen LogP contribution < -0.4 is 4.74 Å². The van der Waals surface area contributed by atoms with E-state index in [0.29, 0.717) is 38.0 Å². The van der Waals surface area contributed by atoms with E-state index in [4.69, 9.17) is 19.3 Å². The van der Waals surface area contributed by atoms with Crippen LogP contribution in [0.2, 0.25) is 0 Å². The molecular formula is C27H32BrN3O5. The molecule has 36 heavy (non-hydrogen) atoms. The van der Waals surface area contributed by atoms with Crippen molar-refractivity contribution in [1.82, 2.24) is 14.7 Å². The first-order chi connectivity index (χ1) is 17.4. The summed E-state index contributed by atoms with van der Waals surface area (Å²) >= 11 is 3.57. The minimum absolute atomic E-state index is 0.0464. The fourth-order valence-electron chi connectivity index (χ4n) is 4.30. The highest BCUT2D eigenvalue weighted by atomic mass is 79.9. The molecule has 1 aromatic heterocycles. The van der Waals surface area contributed by atoms with Gasteiger partial charge in [-0.05, 0) is 43.5 Å². The van der Waals surface area contributed by atoms with Crippen LogP contribution in [-0.4, -0.2) is 53.0 Å². The summed E-state index contributed by atoms with van der Waals surface area (Å²) in [5.74, 6) is 0.638. The number of aromatic nitrogens is 2. The van der Waals surface area contributed by atoms with E-state index in [1.807, 2.05) is 61.0 Å². The lowest BCUT2D eigenvalue weighted by Crippen LogP contribution is -2.30. The Kier molecular flexibility index (Phi) is 8.51. The molecule has 1 saturated heterocycles. The van der Waals surface area contributed by atoms with Crippen molar-refractivity contribution in [3.8, 4) is 5.75 Å². The smallest absolute Gasteiger partial charge is 0.409 e. The van der Waals surface area contributed by atoms with Crippen molar-refractivity contribution in [3.05, 3.63) is 58.2 Å². The van der Waals surface area contributed by atoms with Crippen molar-refractivity contribution in [2.75, 3.05) is 26.3 Å². The highest BCUT2D eigenvalue weighted by molar-refractivity contribution is 9.10. The van der Waals surface area contributed by atoms with Crippen molar-refractivity contribution < 1.29 is 23.8 Å². The molecule has 1 fully saturated rings. The molecule has 1 aliphatic rings. The zero-order valence-electron chi connectivity index (χ0n) is 20.9. The lowest BCUT2D eigenvalue weighted by atomic mass is 10.1. The number of hydrogen-bond donors (Lipinski definition) is 0. The van der Waals surface area contributed by atoms with Gasteiger partial charge in [0.1, 0.15) is 18.1 Å². The monoisotopic (exact) mass is 557 g/mol. The lowest BCUT2D eigenvalue weighted by molar-refractivity contribution is -0.142. The number of amides is 1. The molecule has 0 spiro atoms. The SMILES string of the molecule is CCOC(=O)Cc1ccccc1OCc1nn([C@H]2CCN(C(=O)OCC(C)C)C2)c2ccc(Br)cc12. The summed E-state index contributed by atoms with van der Waals surface area (Å²) in [5, 5.41) is 5.90. The summed E-state index contributed by atoms with van der Waals surface area (Å²) in [6.45, 7) is 8.01. The number of para-hydroxylation sites is 1. The Balaban J connectivity index is 1.52. The molecule has 0 saturated carbocycles. The molecule has 0 aliphatic carbocycles. The summed E-state index contributed by atoms with van der Waals surface area (Å²) in [7, 11) is 0. The Bertz CT molecular complexity index is 1230. The van der Waals surface area contributed by atoms with Gasteiger partial charge >= 0.3 is 12.1 Å². The third-order valence-corrected chi connectivity index (χ3v) is 6.52. The van der Waals surface area contributed by atoms with Gasteiger partial charge in [-0.1, -0.05) is 48.0 Å². The maximum atomic E-state index is 12.5. The summed E-state index contributed by atoms with van der Waals surface area (Å²) < 4.78 is 19.6. The van der Waals surface area contributed by atoms with Gasteiger partial charge in [0, 0.05) is 28.5 Å². The molecule has 2 heterocycles. The van der Waals surface area contributed by atoms with Crippen molar-refractivity contribution in [2.45, 2.75) is 46.3 Å². The number of rotatable bonds is 9. The van der Waals surface area contributed by atoms with Crippen LogP contribution in [0.5, 0.6) is 5.75 Å². The van der Waals surface area contributed by atoms with Crippen LogP contribution in [-0.2, 0) is 27.3 Å². The number of ether oxygens (including phenoxy) is 3. The first kappa shape index (κ1) is 26.0. The fourth-order valence-corrected chi connectivity index (χ4v) is 4.66. The first-order valence-corrected chi connectivity index (χ1v) is 13.1. The minimum Gasteiger partial charge on any atom is -0.487 e. The molecule has 3 aromatic rings. The third-order valence-electron chi connectivity index (χ3n) is 6.03. The van der Waals surface area contributed by atoms with E-state index in [1.54, 1.807) is 11.8 Å². The maximum Gasteiger partial charge on any atom is 0.409 e. The molecule has 0 radical (unpaired) electrons. The van der Waals surface area contributed by atoms with E-state index in [-0.39, 0.29) is 31.1 Å². The van der Waals surface area contributed by atoms with E-state index in [2.05, 4.69) is 15.9 Å². The first-order valence-electron chi connectivity index (χ1n) is 12.3. The standard InChI is InChI=1S/C27H32BrN3O5/c1-4-34-26(32)13-19-7-5-6-8-25(19)35-17-23-22-14-20(28)9-10-24(22)31(29-23)21-11-12-30(15-21)27(33)36-16-18(2)3/h5-10,14,18,21H,4,11-13,15-17H2,1-3H3/t21-/m0/s1. The largest absolute Gasteiger partial charge is 0.487 e. The molecule has 9 heteroatoms. The van der Waals surface area contributed by atoms with Crippen molar-refractivity contribution in [2.24, 2.45) is 5.92 Å². The molecule has 8 nitrogen and oxygen atoms in total. The average Bonchev–Trinajstić information content (AvgIpc) is 3.47. The fraction of sp³-hybridized carbons (Fsp3) is 0.444. The minimum atomic E-state index is -0.287. The number of nitrogens with zero attached hydrogens (tertiary/aromatic N) is 3. The van der Waals surface area contributed by atoms with Crippen LogP contribution in [0.4, 0.5) is 4.79 Å². The molecular weight excluding hydrogens is 526 g/mol. The molecule has 4 rings (SSSR count). The zero-order chi connectivity index (χ0) is 25.7. The number of likely N-dealkylation sites (tertiary alicyclic amines) is 1. The highest BCUT2D eigenvalue weighted by Gasteiger charge is 2.30. The molecule has 0 bridgehead atoms. The summed E-state index contributed by atoms with van der Waals surface area (Å²) in [6.07, 6.45) is 0.675. The van der Waals surface area contributed by atoms with Gasteiger partial charge in [-0.3, -0.25) is 9.48 Å². The molecule has 0 unspecified atom stereocenters. The zero-order valence-corrected chi connectivity index (χ0v) is 22.5. The number of carbonyl (C=O) groups excluding carboxylic acids is 2. The highest BCUT2D eigenvalue weighted by Crippen LogP contribution is 2.31. The maximum absolute atomic E-state index is 12.5. The molecule has 192 valence electrons. The van der Waals surface area contributed by atoms with Crippen LogP contribution in [0.25, 0.3) is 10.9 Å². The molecule has 1 aliphatic heterocycles. The second-order valence-electron chi connectivity index (χ2n) is 9.29. The Morgan fingerprint density at radius 3 is 2.75 bits per heavy atom. The van der Waals surface area contributed by atoms with Gasteiger partial charge in [0.05, 0.1) is 31.2 Å². The van der Waals surface area contributed by atoms with Crippen molar-refractivity contribution >= 4 is 38.9 Å². The summed E-state index contributed by atoms with van der Waals surface area (Å²) in [6, 6.07) is 13.6. The van der Waals surface area contributed by atoms with Gasteiger partial charge in [0.25, 0.3) is 0 Å². The Labute approximate surface area is 219 Å². The van der Waals surface area contributed by atoms with Crippen molar-refractivity contribution in [1.29, 1.82) is 0 Å². The van der Waals surface area contributed by atoms with Gasteiger partial charge in [0.15, 0.2) is 0 Å². The molecule has 1 amide bonds. The average molecular weight is 558 g/mol. The van der Waals surface area contributed by atoms with E-state index in [9.17, 15) is 9.59 Å². The lowest BCUT2D eigenvalue weighted by Gasteiger charge is -2.17. The summed E-state index contributed by atoms with van der Waals surface area (Å²) in [5.41, 5.74) is 2.55. The topological polar surface area (TPSA) is 82.9 Å². The van der Waals surface area contributed by atoms with Crippen molar-refractivity contribution in [3.63, 3.8) is 0 Å². The van der Waals surface area contributed by atoms with E-state index >= 15 is 0 Å². The second-order valence-corrected chi connectivity index (χ2v) is 10.2. The van der Waals surface area contributed by atoms with Gasteiger partial charge < -0.3 is 19.1 Å². The van der Waals surface area contributed by atoms with Crippen LogP contribution >= 0.6 is 15.9 Å². The summed E-state index contributed by atoms with van der Waals surface area (Å²) in [4.78, 5) is 26.2. The number of hydrogen-bond acceptors (Lipinski definition) is 6. The number of carbonyl (C=O) groups is 2. The Morgan fingerprint density at radius 1 is 1.17 bits per heavy atom. The molecule has 1 atom stereocenters. The third kappa shape index (κ3) is 6.19. The van der Waals surface area contributed by atoms with Crippen LogP contribution in [0.3, 0.4) is 0 Å². The predicted molar refractivity (Wildman–Crippen MR) is 140 cm³/mol.